The Kier molecular flexibility index (Phi) is 3.48. The predicted molar refractivity (Wildman–Crippen MR) is 46.0 cm³/mol. The highest BCUT2D eigenvalue weighted by atomic mass is 19.4. The van der Waals surface area contributed by atoms with Gasteiger partial charge < -0.3 is 4.74 Å². The van der Waals surface area contributed by atoms with Gasteiger partial charge in [0.05, 0.1) is 0 Å². The van der Waals surface area contributed by atoms with E-state index in [2.05, 4.69) is 9.73 Å². The van der Waals surface area contributed by atoms with Crippen molar-refractivity contribution >= 4 is 12.4 Å². The highest BCUT2D eigenvalue weighted by Gasteiger charge is 2.30. The third kappa shape index (κ3) is 4.30. The molecule has 0 aromatic heterocycles. The van der Waals surface area contributed by atoms with E-state index in [1.54, 1.807) is 0 Å². The summed E-state index contributed by atoms with van der Waals surface area (Å²) in [6.45, 7) is -1.61. The van der Waals surface area contributed by atoms with E-state index in [0.29, 0.717) is 0 Å². The minimum absolute atomic E-state index is 0.811. The third-order valence-corrected chi connectivity index (χ3v) is 1.29. The molecule has 4 nitrogen and oxygen atoms in total. The maximum atomic E-state index is 11.7. The second kappa shape index (κ2) is 4.63. The Bertz CT molecular complexity index is 304. The van der Waals surface area contributed by atoms with Gasteiger partial charge >= 0.3 is 12.3 Å². The van der Waals surface area contributed by atoms with Crippen LogP contribution in [0, 0.1) is 0 Å². The van der Waals surface area contributed by atoms with E-state index in [9.17, 15) is 18.0 Å². The van der Waals surface area contributed by atoms with Crippen molar-refractivity contribution in [1.29, 1.82) is 0 Å². The van der Waals surface area contributed by atoms with Crippen molar-refractivity contribution in [3.05, 3.63) is 24.6 Å². The summed E-state index contributed by atoms with van der Waals surface area (Å²) < 4.78 is 39.1. The van der Waals surface area contributed by atoms with Gasteiger partial charge in [0.2, 0.25) is 0 Å². The highest BCUT2D eigenvalue weighted by Crippen LogP contribution is 2.15. The number of hydrogen-bond donors (Lipinski definition) is 0. The number of nitrogens with zero attached hydrogens (tertiary/aromatic N) is 2. The van der Waals surface area contributed by atoms with Crippen molar-refractivity contribution in [2.24, 2.45) is 4.99 Å². The number of amides is 1. The van der Waals surface area contributed by atoms with Crippen molar-refractivity contribution in [2.75, 3.05) is 6.61 Å². The van der Waals surface area contributed by atoms with Crippen LogP contribution in [0.5, 0.6) is 0 Å². The number of halogens is 3. The molecule has 1 heterocycles. The molecule has 0 spiro atoms. The highest BCUT2D eigenvalue weighted by molar-refractivity contribution is 5.84. The van der Waals surface area contributed by atoms with Gasteiger partial charge in [0.25, 0.3) is 0 Å². The summed E-state index contributed by atoms with van der Waals surface area (Å²) in [6.07, 6.45) is 0.990. The van der Waals surface area contributed by atoms with Gasteiger partial charge in [0.15, 0.2) is 6.61 Å². The molecule has 0 fully saturated rings. The molecule has 1 aliphatic heterocycles. The average molecular weight is 220 g/mol. The Morgan fingerprint density at radius 3 is 2.80 bits per heavy atom. The number of carbonyl (C=O) groups is 1. The van der Waals surface area contributed by atoms with E-state index in [1.807, 2.05) is 0 Å². The summed E-state index contributed by atoms with van der Waals surface area (Å²) in [7, 11) is 0. The number of ether oxygens (including phenoxy) is 1. The first-order valence-corrected chi connectivity index (χ1v) is 3.87. The van der Waals surface area contributed by atoms with Gasteiger partial charge in [-0.05, 0) is 12.2 Å². The number of hydrogen-bond acceptors (Lipinski definition) is 3. The quantitative estimate of drug-likeness (QED) is 0.678. The third-order valence-electron chi connectivity index (χ3n) is 1.29. The molecule has 0 unspecified atom stereocenters. The molecular formula is C8H7F3N2O2. The zero-order valence-electron chi connectivity index (χ0n) is 7.44. The van der Waals surface area contributed by atoms with Gasteiger partial charge in [-0.1, -0.05) is 0 Å². The van der Waals surface area contributed by atoms with E-state index in [-0.39, 0.29) is 0 Å². The number of alkyl halides is 3. The zero-order chi connectivity index (χ0) is 11.3. The molecule has 0 aromatic carbocycles. The fourth-order valence-corrected chi connectivity index (χ4v) is 0.717. The molecule has 0 atom stereocenters. The molecule has 0 aromatic rings. The molecular weight excluding hydrogens is 213 g/mol. The first-order chi connectivity index (χ1) is 6.99. The summed E-state index contributed by atoms with van der Waals surface area (Å²) in [5, 5.41) is 0. The fourth-order valence-electron chi connectivity index (χ4n) is 0.717. The summed E-state index contributed by atoms with van der Waals surface area (Å²) >= 11 is 0. The molecule has 15 heavy (non-hydrogen) atoms. The van der Waals surface area contributed by atoms with Crippen LogP contribution in [-0.4, -0.2) is 30.1 Å². The van der Waals surface area contributed by atoms with E-state index in [0.717, 1.165) is 11.2 Å². The minimum atomic E-state index is -4.53. The Balaban J connectivity index is 2.47. The van der Waals surface area contributed by atoms with Crippen LogP contribution < -0.4 is 0 Å². The molecule has 0 aliphatic carbocycles. The summed E-state index contributed by atoms with van der Waals surface area (Å²) in [4.78, 5) is 15.4. The largest absolute Gasteiger partial charge is 0.439 e. The summed E-state index contributed by atoms with van der Waals surface area (Å²) in [5.41, 5.74) is 0. The molecule has 1 aliphatic rings. The van der Waals surface area contributed by atoms with E-state index >= 15 is 0 Å². The van der Waals surface area contributed by atoms with Crippen LogP contribution in [0.25, 0.3) is 0 Å². The van der Waals surface area contributed by atoms with E-state index < -0.39 is 18.9 Å². The molecule has 7 heteroatoms. The monoisotopic (exact) mass is 220 g/mol. The van der Waals surface area contributed by atoms with Gasteiger partial charge in [0, 0.05) is 12.4 Å². The van der Waals surface area contributed by atoms with Crippen molar-refractivity contribution < 1.29 is 22.7 Å². The van der Waals surface area contributed by atoms with Crippen LogP contribution in [-0.2, 0) is 4.74 Å². The molecule has 1 rings (SSSR count). The number of allylic oxidation sites excluding steroid dienone is 2. The maximum absolute atomic E-state index is 11.7. The van der Waals surface area contributed by atoms with Crippen molar-refractivity contribution in [2.45, 2.75) is 6.18 Å². The fraction of sp³-hybridized carbons (Fsp3) is 0.250. The second-order valence-corrected chi connectivity index (χ2v) is 2.52. The molecule has 0 saturated carbocycles. The minimum Gasteiger partial charge on any atom is -0.439 e. The van der Waals surface area contributed by atoms with Gasteiger partial charge in [-0.15, -0.1) is 0 Å². The Labute approximate surface area is 83.3 Å². The number of aliphatic imine (C=N–C) groups is 1. The van der Waals surface area contributed by atoms with Crippen LogP contribution in [0.2, 0.25) is 0 Å². The first kappa shape index (κ1) is 11.3. The molecule has 1 amide bonds. The van der Waals surface area contributed by atoms with Crippen LogP contribution >= 0.6 is 0 Å². The van der Waals surface area contributed by atoms with Gasteiger partial charge in [0.1, 0.15) is 6.34 Å². The lowest BCUT2D eigenvalue weighted by molar-refractivity contribution is -0.161. The van der Waals surface area contributed by atoms with Crippen LogP contribution in [0.15, 0.2) is 29.5 Å². The Hall–Kier alpha value is -1.79. The SMILES string of the molecule is O=C(OCC(F)(F)F)N1C=CC=CN=C1. The lowest BCUT2D eigenvalue weighted by Gasteiger charge is -2.13. The standard InChI is InChI=1S/C8H7F3N2O2/c9-8(10,11)5-15-7(14)13-4-2-1-3-12-6-13/h1-4,6H,5H2. The second-order valence-electron chi connectivity index (χ2n) is 2.52. The van der Waals surface area contributed by atoms with Crippen LogP contribution in [0.1, 0.15) is 0 Å². The molecule has 0 saturated heterocycles. The first-order valence-electron chi connectivity index (χ1n) is 3.87. The topological polar surface area (TPSA) is 41.9 Å². The molecule has 82 valence electrons. The van der Waals surface area contributed by atoms with Crippen molar-refractivity contribution in [3.63, 3.8) is 0 Å². The van der Waals surface area contributed by atoms with E-state index in [4.69, 9.17) is 0 Å². The van der Waals surface area contributed by atoms with Crippen LogP contribution in [0.4, 0.5) is 18.0 Å². The van der Waals surface area contributed by atoms with Crippen molar-refractivity contribution in [1.82, 2.24) is 4.90 Å². The molecule has 0 bridgehead atoms. The van der Waals surface area contributed by atoms with Gasteiger partial charge in [-0.2, -0.15) is 13.2 Å². The molecule has 0 N–H and O–H groups in total. The summed E-state index contributed by atoms with van der Waals surface area (Å²) in [5.74, 6) is 0. The van der Waals surface area contributed by atoms with Crippen molar-refractivity contribution in [3.8, 4) is 0 Å². The number of rotatable bonds is 1. The molecule has 0 radical (unpaired) electrons. The zero-order valence-corrected chi connectivity index (χ0v) is 7.44. The summed E-state index contributed by atoms with van der Waals surface area (Å²) in [6, 6.07) is 0. The average Bonchev–Trinajstić information content (AvgIpc) is 2.41. The van der Waals surface area contributed by atoms with E-state index in [1.165, 1.54) is 24.6 Å². The Morgan fingerprint density at radius 2 is 2.13 bits per heavy atom. The lowest BCUT2D eigenvalue weighted by Crippen LogP contribution is -2.29. The maximum Gasteiger partial charge on any atom is 0.422 e. The lowest BCUT2D eigenvalue weighted by atomic mass is 10.6. The normalized spacial score (nSPS) is 15.3. The number of carbonyl (C=O) groups excluding carboxylic acids is 1. The smallest absolute Gasteiger partial charge is 0.422 e. The Morgan fingerprint density at radius 1 is 1.40 bits per heavy atom. The van der Waals surface area contributed by atoms with Crippen LogP contribution in [0.3, 0.4) is 0 Å². The predicted octanol–water partition coefficient (Wildman–Crippen LogP) is 2.06. The van der Waals surface area contributed by atoms with Gasteiger partial charge in [-0.3, -0.25) is 0 Å². The van der Waals surface area contributed by atoms with Gasteiger partial charge in [-0.25, -0.2) is 14.7 Å².